The highest BCUT2D eigenvalue weighted by atomic mass is 32.1. The lowest BCUT2D eigenvalue weighted by Crippen LogP contribution is -2.48. The summed E-state index contributed by atoms with van der Waals surface area (Å²) in [6.07, 6.45) is 0.878. The van der Waals surface area contributed by atoms with Gasteiger partial charge in [0.15, 0.2) is 10.8 Å². The zero-order valence-corrected chi connectivity index (χ0v) is 19.1. The van der Waals surface area contributed by atoms with Crippen molar-refractivity contribution >= 4 is 29.0 Å². The number of amidine groups is 1. The summed E-state index contributed by atoms with van der Waals surface area (Å²) in [5.74, 6) is -5.26. The second-order valence-corrected chi connectivity index (χ2v) is 9.15. The summed E-state index contributed by atoms with van der Waals surface area (Å²) in [5.41, 5.74) is -1.17. The standard InChI is InChI=1S/C22H22F3N5O3S/c1-21(12-3-5-13(23)6-4-12)16(20(32)33)14(28-17(29-21)19-27-7-8-34-19)10-30-11-22(24,25)9-15(30)18(31)26-2/h3-8,15H,9-11H2,1-2H3,(H,26,31)(H,28,29)(H,32,33). The van der Waals surface area contributed by atoms with Crippen LogP contribution in [-0.4, -0.2) is 64.8 Å². The van der Waals surface area contributed by atoms with Gasteiger partial charge in [0.25, 0.3) is 5.92 Å². The van der Waals surface area contributed by atoms with Crippen LogP contribution in [0.4, 0.5) is 13.2 Å². The van der Waals surface area contributed by atoms with Crippen molar-refractivity contribution in [2.24, 2.45) is 4.99 Å². The topological polar surface area (TPSA) is 107 Å². The fourth-order valence-electron chi connectivity index (χ4n) is 4.37. The van der Waals surface area contributed by atoms with Crippen LogP contribution in [0.15, 0.2) is 52.1 Å². The lowest BCUT2D eigenvalue weighted by molar-refractivity contribution is -0.133. The van der Waals surface area contributed by atoms with E-state index in [1.807, 2.05) is 0 Å². The molecule has 34 heavy (non-hydrogen) atoms. The Morgan fingerprint density at radius 3 is 2.62 bits per heavy atom. The van der Waals surface area contributed by atoms with Crippen LogP contribution in [0.1, 0.15) is 23.9 Å². The quantitative estimate of drug-likeness (QED) is 0.571. The number of carboxylic acids is 1. The van der Waals surface area contributed by atoms with Crippen LogP contribution < -0.4 is 10.6 Å². The van der Waals surface area contributed by atoms with Gasteiger partial charge in [-0.05, 0) is 24.6 Å². The number of carboxylic acid groups (broad SMARTS) is 1. The largest absolute Gasteiger partial charge is 0.478 e. The maximum absolute atomic E-state index is 14.3. The van der Waals surface area contributed by atoms with Gasteiger partial charge >= 0.3 is 5.97 Å². The molecule has 2 aliphatic rings. The lowest BCUT2D eigenvalue weighted by atomic mass is 9.82. The first-order valence-electron chi connectivity index (χ1n) is 10.4. The zero-order valence-electron chi connectivity index (χ0n) is 18.3. The minimum Gasteiger partial charge on any atom is -0.478 e. The summed E-state index contributed by atoms with van der Waals surface area (Å²) in [7, 11) is 1.36. The third-order valence-corrected chi connectivity index (χ3v) is 6.71. The van der Waals surface area contributed by atoms with Gasteiger partial charge in [0.1, 0.15) is 11.4 Å². The van der Waals surface area contributed by atoms with Crippen molar-refractivity contribution in [3.63, 3.8) is 0 Å². The first kappa shape index (κ1) is 23.9. The van der Waals surface area contributed by atoms with Gasteiger partial charge in [0.05, 0.1) is 18.2 Å². The van der Waals surface area contributed by atoms with E-state index in [1.165, 1.54) is 47.5 Å². The Morgan fingerprint density at radius 1 is 1.32 bits per heavy atom. The third kappa shape index (κ3) is 4.42. The number of amides is 1. The molecule has 180 valence electrons. The van der Waals surface area contributed by atoms with Gasteiger partial charge in [0.2, 0.25) is 5.91 Å². The van der Waals surface area contributed by atoms with Crippen molar-refractivity contribution in [1.82, 2.24) is 20.5 Å². The number of aromatic nitrogens is 1. The number of thiazole rings is 1. The number of hydrogen-bond donors (Lipinski definition) is 3. The number of carbonyl (C=O) groups is 2. The zero-order chi connectivity index (χ0) is 24.7. The maximum atomic E-state index is 14.3. The van der Waals surface area contributed by atoms with Crippen LogP contribution in [-0.2, 0) is 15.1 Å². The number of likely N-dealkylation sites (tertiary alicyclic amines) is 1. The monoisotopic (exact) mass is 493 g/mol. The molecule has 1 aromatic heterocycles. The molecule has 3 heterocycles. The fourth-order valence-corrected chi connectivity index (χ4v) is 4.95. The fraction of sp³-hybridized carbons (Fsp3) is 0.364. The Hall–Kier alpha value is -3.25. The molecule has 4 rings (SSSR count). The molecule has 0 radical (unpaired) electrons. The van der Waals surface area contributed by atoms with E-state index in [0.717, 1.165) is 0 Å². The van der Waals surface area contributed by atoms with Crippen LogP contribution >= 0.6 is 11.3 Å². The molecule has 2 unspecified atom stereocenters. The summed E-state index contributed by atoms with van der Waals surface area (Å²) >= 11 is 1.26. The molecule has 12 heteroatoms. The molecule has 8 nitrogen and oxygen atoms in total. The smallest absolute Gasteiger partial charge is 0.336 e. The summed E-state index contributed by atoms with van der Waals surface area (Å²) in [6.45, 7) is 0.587. The van der Waals surface area contributed by atoms with Gasteiger partial charge in [-0.3, -0.25) is 9.69 Å². The Labute approximate surface area is 197 Å². The van der Waals surface area contributed by atoms with E-state index in [-0.39, 0.29) is 23.7 Å². The Bertz CT molecular complexity index is 1170. The van der Waals surface area contributed by atoms with E-state index in [9.17, 15) is 27.9 Å². The highest BCUT2D eigenvalue weighted by molar-refractivity contribution is 7.11. The van der Waals surface area contributed by atoms with Crippen LogP contribution in [0.2, 0.25) is 0 Å². The number of carbonyl (C=O) groups excluding carboxylic acids is 1. The number of rotatable bonds is 6. The number of benzene rings is 1. The highest BCUT2D eigenvalue weighted by Gasteiger charge is 2.49. The van der Waals surface area contributed by atoms with E-state index in [1.54, 1.807) is 18.5 Å². The van der Waals surface area contributed by atoms with Gasteiger partial charge in [-0.1, -0.05) is 12.1 Å². The van der Waals surface area contributed by atoms with Gasteiger partial charge in [0, 0.05) is 37.3 Å². The first-order chi connectivity index (χ1) is 16.0. The number of halogens is 3. The molecule has 1 saturated heterocycles. The molecule has 2 aliphatic heterocycles. The van der Waals surface area contributed by atoms with Crippen LogP contribution in [0, 0.1) is 5.82 Å². The van der Waals surface area contributed by atoms with Crippen LogP contribution in [0.25, 0.3) is 0 Å². The van der Waals surface area contributed by atoms with Crippen molar-refractivity contribution in [2.45, 2.75) is 30.8 Å². The van der Waals surface area contributed by atoms with Crippen molar-refractivity contribution in [2.75, 3.05) is 20.1 Å². The Morgan fingerprint density at radius 2 is 2.03 bits per heavy atom. The average Bonchev–Trinajstić information content (AvgIpc) is 3.40. The van der Waals surface area contributed by atoms with Gasteiger partial charge in [-0.25, -0.2) is 27.9 Å². The number of aliphatic carboxylic acids is 1. The van der Waals surface area contributed by atoms with E-state index in [4.69, 9.17) is 0 Å². The van der Waals surface area contributed by atoms with Crippen molar-refractivity contribution in [1.29, 1.82) is 0 Å². The predicted molar refractivity (Wildman–Crippen MR) is 119 cm³/mol. The summed E-state index contributed by atoms with van der Waals surface area (Å²) < 4.78 is 42.1. The first-order valence-corrected chi connectivity index (χ1v) is 11.3. The number of hydrogen-bond acceptors (Lipinski definition) is 7. The van der Waals surface area contributed by atoms with Gasteiger partial charge in [-0.15, -0.1) is 11.3 Å². The molecule has 0 saturated carbocycles. The van der Waals surface area contributed by atoms with Crippen molar-refractivity contribution < 1.29 is 27.9 Å². The van der Waals surface area contributed by atoms with E-state index < -0.39 is 48.2 Å². The maximum Gasteiger partial charge on any atom is 0.336 e. The normalized spacial score (nSPS) is 24.5. The van der Waals surface area contributed by atoms with E-state index in [2.05, 4.69) is 20.6 Å². The molecule has 0 spiro atoms. The minimum absolute atomic E-state index is 0.103. The third-order valence-electron chi connectivity index (χ3n) is 5.93. The minimum atomic E-state index is -3.11. The molecule has 2 atom stereocenters. The second-order valence-electron chi connectivity index (χ2n) is 8.26. The number of aliphatic imine (C=N–C) groups is 1. The molecular formula is C22H22F3N5O3S. The van der Waals surface area contributed by atoms with E-state index in [0.29, 0.717) is 10.6 Å². The number of nitrogens with one attached hydrogen (secondary N) is 2. The number of alkyl halides is 2. The van der Waals surface area contributed by atoms with E-state index >= 15 is 0 Å². The Balaban J connectivity index is 1.83. The van der Waals surface area contributed by atoms with Crippen LogP contribution in [0.3, 0.4) is 0 Å². The van der Waals surface area contributed by atoms with Crippen molar-refractivity contribution in [3.05, 3.63) is 63.5 Å². The molecule has 3 N–H and O–H groups in total. The molecular weight excluding hydrogens is 471 g/mol. The SMILES string of the molecule is CNC(=O)C1CC(F)(F)CN1CC1=C(C(=O)O)C(C)(c2ccc(F)cc2)N=C(c2nccs2)N1. The molecule has 2 aromatic rings. The summed E-state index contributed by atoms with van der Waals surface area (Å²) in [4.78, 5) is 34.9. The number of nitrogens with zero attached hydrogens (tertiary/aromatic N) is 3. The average molecular weight is 494 g/mol. The number of likely N-dealkylation sites (N-methyl/N-ethyl adjacent to an activating group) is 1. The van der Waals surface area contributed by atoms with Gasteiger partial charge < -0.3 is 15.7 Å². The molecule has 1 amide bonds. The highest BCUT2D eigenvalue weighted by Crippen LogP contribution is 2.40. The van der Waals surface area contributed by atoms with Gasteiger partial charge in [-0.2, -0.15) is 0 Å². The Kier molecular flexibility index (Phi) is 6.21. The molecule has 1 fully saturated rings. The predicted octanol–water partition coefficient (Wildman–Crippen LogP) is 2.34. The molecule has 0 aliphatic carbocycles. The van der Waals surface area contributed by atoms with Crippen molar-refractivity contribution in [3.8, 4) is 0 Å². The summed E-state index contributed by atoms with van der Waals surface area (Å²) in [6, 6.07) is 4.12. The lowest BCUT2D eigenvalue weighted by Gasteiger charge is -2.36. The molecule has 0 bridgehead atoms. The second kappa shape index (κ2) is 8.84. The van der Waals surface area contributed by atoms with Crippen LogP contribution in [0.5, 0.6) is 0 Å². The summed E-state index contributed by atoms with van der Waals surface area (Å²) in [5, 5.41) is 17.7. The molecule has 1 aromatic carbocycles.